The Labute approximate surface area is 122 Å². The lowest BCUT2D eigenvalue weighted by Crippen LogP contribution is -2.39. The Kier molecular flexibility index (Phi) is 5.62. The Bertz CT molecular complexity index is 444. The topological polar surface area (TPSA) is 35.5 Å². The molecule has 1 aromatic carbocycles. The van der Waals surface area contributed by atoms with Crippen LogP contribution in [0.15, 0.2) is 35.9 Å². The van der Waals surface area contributed by atoms with Crippen molar-refractivity contribution >= 4 is 5.69 Å². The van der Waals surface area contributed by atoms with Gasteiger partial charge in [0.1, 0.15) is 0 Å². The predicted octanol–water partition coefficient (Wildman–Crippen LogP) is 3.02. The molecule has 1 aliphatic rings. The van der Waals surface area contributed by atoms with E-state index in [1.165, 1.54) is 18.4 Å². The molecular weight excluding hydrogens is 248 g/mol. The summed E-state index contributed by atoms with van der Waals surface area (Å²) in [5, 5.41) is 12.8. The van der Waals surface area contributed by atoms with Crippen molar-refractivity contribution < 1.29 is 5.11 Å². The zero-order chi connectivity index (χ0) is 14.4. The third-order valence-electron chi connectivity index (χ3n) is 3.83. The molecule has 1 fully saturated rings. The van der Waals surface area contributed by atoms with E-state index in [9.17, 15) is 0 Å². The molecule has 3 nitrogen and oxygen atoms in total. The van der Waals surface area contributed by atoms with Crippen molar-refractivity contribution in [1.29, 1.82) is 0 Å². The number of aliphatic hydroxyl groups is 1. The number of piperidine rings is 1. The summed E-state index contributed by atoms with van der Waals surface area (Å²) in [7, 11) is 0. The maximum atomic E-state index is 9.17. The summed E-state index contributed by atoms with van der Waals surface area (Å²) in [5.41, 5.74) is 3.49. The molecule has 110 valence electrons. The summed E-state index contributed by atoms with van der Waals surface area (Å²) in [6.07, 6.45) is 4.67. The Balaban J connectivity index is 1.80. The fourth-order valence-electron chi connectivity index (χ4n) is 2.57. The SMILES string of the molecule is CC(C)=CCN1CCC(Nc2cccc(CO)c2)CC1. The Hall–Kier alpha value is -1.32. The lowest BCUT2D eigenvalue weighted by molar-refractivity contribution is 0.240. The number of hydrogen-bond donors (Lipinski definition) is 2. The number of anilines is 1. The van der Waals surface area contributed by atoms with E-state index >= 15 is 0 Å². The third-order valence-corrected chi connectivity index (χ3v) is 3.83. The zero-order valence-electron chi connectivity index (χ0n) is 12.6. The number of likely N-dealkylation sites (tertiary alicyclic amines) is 1. The molecule has 1 saturated heterocycles. The van der Waals surface area contributed by atoms with Crippen LogP contribution in [0.2, 0.25) is 0 Å². The van der Waals surface area contributed by atoms with Crippen molar-refractivity contribution in [1.82, 2.24) is 4.90 Å². The summed E-state index contributed by atoms with van der Waals surface area (Å²) in [6.45, 7) is 7.80. The number of nitrogens with zero attached hydrogens (tertiary/aromatic N) is 1. The molecule has 1 aromatic rings. The third kappa shape index (κ3) is 4.66. The fraction of sp³-hybridized carbons (Fsp3) is 0.529. The van der Waals surface area contributed by atoms with E-state index in [0.717, 1.165) is 30.9 Å². The largest absolute Gasteiger partial charge is 0.392 e. The second-order valence-corrected chi connectivity index (χ2v) is 5.86. The Morgan fingerprint density at radius 3 is 2.75 bits per heavy atom. The first-order chi connectivity index (χ1) is 9.67. The minimum absolute atomic E-state index is 0.108. The highest BCUT2D eigenvalue weighted by Crippen LogP contribution is 2.18. The van der Waals surface area contributed by atoms with Gasteiger partial charge in [-0.05, 0) is 44.4 Å². The van der Waals surface area contributed by atoms with Gasteiger partial charge in [-0.3, -0.25) is 4.90 Å². The molecule has 0 saturated carbocycles. The lowest BCUT2D eigenvalue weighted by Gasteiger charge is -2.32. The number of nitrogens with one attached hydrogen (secondary N) is 1. The number of hydrogen-bond acceptors (Lipinski definition) is 3. The van der Waals surface area contributed by atoms with E-state index in [0.29, 0.717) is 6.04 Å². The van der Waals surface area contributed by atoms with Crippen LogP contribution in [0, 0.1) is 0 Å². The molecule has 2 N–H and O–H groups in total. The minimum Gasteiger partial charge on any atom is -0.392 e. The molecule has 0 aromatic heterocycles. The second kappa shape index (κ2) is 7.46. The second-order valence-electron chi connectivity index (χ2n) is 5.86. The van der Waals surface area contributed by atoms with Gasteiger partial charge in [0, 0.05) is 31.4 Å². The monoisotopic (exact) mass is 274 g/mol. The van der Waals surface area contributed by atoms with Gasteiger partial charge >= 0.3 is 0 Å². The van der Waals surface area contributed by atoms with Gasteiger partial charge in [0.25, 0.3) is 0 Å². The summed E-state index contributed by atoms with van der Waals surface area (Å²) < 4.78 is 0. The molecule has 1 heterocycles. The standard InChI is InChI=1S/C17H26N2O/c1-14(2)6-9-19-10-7-16(8-11-19)18-17-5-3-4-15(12-17)13-20/h3-6,12,16,18,20H,7-11,13H2,1-2H3. The van der Waals surface area contributed by atoms with Crippen molar-refractivity contribution in [3.63, 3.8) is 0 Å². The van der Waals surface area contributed by atoms with Crippen LogP contribution in [-0.2, 0) is 6.61 Å². The summed E-state index contributed by atoms with van der Waals surface area (Å²) in [5.74, 6) is 0. The van der Waals surface area contributed by atoms with Gasteiger partial charge in [0.15, 0.2) is 0 Å². The summed E-state index contributed by atoms with van der Waals surface area (Å²) in [6, 6.07) is 8.61. The van der Waals surface area contributed by atoms with Gasteiger partial charge in [-0.15, -0.1) is 0 Å². The fourth-order valence-corrected chi connectivity index (χ4v) is 2.57. The highest BCUT2D eigenvalue weighted by atomic mass is 16.3. The van der Waals surface area contributed by atoms with E-state index in [4.69, 9.17) is 5.11 Å². The van der Waals surface area contributed by atoms with Crippen LogP contribution in [0.25, 0.3) is 0 Å². The van der Waals surface area contributed by atoms with Crippen LogP contribution < -0.4 is 5.32 Å². The van der Waals surface area contributed by atoms with Crippen LogP contribution in [-0.4, -0.2) is 35.7 Å². The normalized spacial score (nSPS) is 16.9. The first-order valence-corrected chi connectivity index (χ1v) is 7.49. The van der Waals surface area contributed by atoms with Crippen molar-refractivity contribution in [3.05, 3.63) is 41.5 Å². The Morgan fingerprint density at radius 1 is 1.35 bits per heavy atom. The van der Waals surface area contributed by atoms with Gasteiger partial charge in [-0.2, -0.15) is 0 Å². The minimum atomic E-state index is 0.108. The van der Waals surface area contributed by atoms with Gasteiger partial charge in [-0.25, -0.2) is 0 Å². The molecule has 0 bridgehead atoms. The van der Waals surface area contributed by atoms with Crippen LogP contribution in [0.5, 0.6) is 0 Å². The Morgan fingerprint density at radius 2 is 2.10 bits per heavy atom. The number of benzene rings is 1. The van der Waals surface area contributed by atoms with Crippen molar-refractivity contribution in [2.24, 2.45) is 0 Å². The first-order valence-electron chi connectivity index (χ1n) is 7.49. The molecule has 20 heavy (non-hydrogen) atoms. The molecule has 0 spiro atoms. The maximum absolute atomic E-state index is 9.17. The quantitative estimate of drug-likeness (QED) is 0.810. The van der Waals surface area contributed by atoms with Crippen molar-refractivity contribution in [2.75, 3.05) is 25.0 Å². The number of allylic oxidation sites excluding steroid dienone is 1. The van der Waals surface area contributed by atoms with Gasteiger partial charge in [0.05, 0.1) is 6.61 Å². The number of aliphatic hydroxyl groups excluding tert-OH is 1. The van der Waals surface area contributed by atoms with E-state index in [-0.39, 0.29) is 6.61 Å². The lowest BCUT2D eigenvalue weighted by atomic mass is 10.0. The molecule has 2 rings (SSSR count). The van der Waals surface area contributed by atoms with Crippen molar-refractivity contribution in [2.45, 2.75) is 39.3 Å². The molecule has 1 aliphatic heterocycles. The molecule has 3 heteroatoms. The predicted molar refractivity (Wildman–Crippen MR) is 84.9 cm³/mol. The molecule has 0 amide bonds. The number of rotatable bonds is 5. The van der Waals surface area contributed by atoms with Gasteiger partial charge < -0.3 is 10.4 Å². The molecule has 0 aliphatic carbocycles. The van der Waals surface area contributed by atoms with Crippen LogP contribution in [0.4, 0.5) is 5.69 Å². The van der Waals surface area contributed by atoms with Gasteiger partial charge in [0.2, 0.25) is 0 Å². The summed E-state index contributed by atoms with van der Waals surface area (Å²) in [4.78, 5) is 2.51. The molecular formula is C17H26N2O. The van der Waals surface area contributed by atoms with Crippen LogP contribution in [0.1, 0.15) is 32.3 Å². The zero-order valence-corrected chi connectivity index (χ0v) is 12.6. The van der Waals surface area contributed by atoms with Crippen molar-refractivity contribution in [3.8, 4) is 0 Å². The first kappa shape index (κ1) is 15.1. The van der Waals surface area contributed by atoms with E-state index in [2.05, 4.69) is 36.2 Å². The summed E-state index contributed by atoms with van der Waals surface area (Å²) >= 11 is 0. The molecule has 0 unspecified atom stereocenters. The van der Waals surface area contributed by atoms with E-state index in [1.54, 1.807) is 0 Å². The van der Waals surface area contributed by atoms with E-state index < -0.39 is 0 Å². The van der Waals surface area contributed by atoms with Gasteiger partial charge in [-0.1, -0.05) is 23.8 Å². The average molecular weight is 274 g/mol. The van der Waals surface area contributed by atoms with E-state index in [1.807, 2.05) is 18.2 Å². The highest BCUT2D eigenvalue weighted by molar-refractivity contribution is 5.46. The molecule has 0 radical (unpaired) electrons. The highest BCUT2D eigenvalue weighted by Gasteiger charge is 2.18. The maximum Gasteiger partial charge on any atom is 0.0682 e. The smallest absolute Gasteiger partial charge is 0.0682 e. The van der Waals surface area contributed by atoms with Crippen LogP contribution in [0.3, 0.4) is 0 Å². The van der Waals surface area contributed by atoms with Crippen LogP contribution >= 0.6 is 0 Å². The molecule has 0 atom stereocenters. The average Bonchev–Trinajstić information content (AvgIpc) is 2.47.